The topological polar surface area (TPSA) is 49.4 Å². The van der Waals surface area contributed by atoms with E-state index in [-0.39, 0.29) is 0 Å². The summed E-state index contributed by atoms with van der Waals surface area (Å²) in [6.07, 6.45) is 6.11. The van der Waals surface area contributed by atoms with Crippen LogP contribution in [0.25, 0.3) is 0 Å². The normalized spacial score (nSPS) is 37.1. The maximum absolute atomic E-state index is 11.0. The largest absolute Gasteiger partial charge is 0.300 e. The molecule has 2 aliphatic heterocycles. The number of nitrogens with zero attached hydrogens (tertiary/aromatic N) is 1. The molecule has 2 unspecified atom stereocenters. The molecular formula is C10H20N2O2S. The molecule has 0 amide bonds. The minimum Gasteiger partial charge on any atom is -0.300 e. The zero-order valence-corrected chi connectivity index (χ0v) is 10.3. The van der Waals surface area contributed by atoms with E-state index in [0.29, 0.717) is 24.5 Å². The SMILES string of the molecule is CN1C2CCC1CC(CNS(C)(=O)=O)C2. The molecule has 2 fully saturated rings. The number of sulfonamides is 1. The van der Waals surface area contributed by atoms with E-state index in [2.05, 4.69) is 16.7 Å². The molecule has 15 heavy (non-hydrogen) atoms. The number of hydrogen-bond donors (Lipinski definition) is 1. The Bertz CT molecular complexity index is 314. The van der Waals surface area contributed by atoms with Gasteiger partial charge >= 0.3 is 0 Å². The first-order valence-electron chi connectivity index (χ1n) is 5.62. The molecule has 0 saturated carbocycles. The second-order valence-electron chi connectivity index (χ2n) is 5.01. The van der Waals surface area contributed by atoms with Gasteiger partial charge in [0.05, 0.1) is 6.26 Å². The highest BCUT2D eigenvalue weighted by Crippen LogP contribution is 2.36. The molecule has 5 heteroatoms. The van der Waals surface area contributed by atoms with Gasteiger partial charge in [0.2, 0.25) is 10.0 Å². The van der Waals surface area contributed by atoms with Crippen LogP contribution in [0.3, 0.4) is 0 Å². The van der Waals surface area contributed by atoms with E-state index >= 15 is 0 Å². The number of fused-ring (bicyclic) bond motifs is 2. The average molecular weight is 232 g/mol. The van der Waals surface area contributed by atoms with Crippen LogP contribution in [0, 0.1) is 5.92 Å². The zero-order valence-electron chi connectivity index (χ0n) is 9.44. The second-order valence-corrected chi connectivity index (χ2v) is 6.84. The predicted molar refractivity (Wildman–Crippen MR) is 60.1 cm³/mol. The predicted octanol–water partition coefficient (Wildman–Crippen LogP) is 0.408. The van der Waals surface area contributed by atoms with Crippen LogP contribution in [0.5, 0.6) is 0 Å². The highest BCUT2D eigenvalue weighted by Gasteiger charge is 2.38. The van der Waals surface area contributed by atoms with Gasteiger partial charge < -0.3 is 4.90 Å². The summed E-state index contributed by atoms with van der Waals surface area (Å²) < 4.78 is 24.6. The Morgan fingerprint density at radius 2 is 1.80 bits per heavy atom. The summed E-state index contributed by atoms with van der Waals surface area (Å²) in [6, 6.07) is 1.38. The maximum atomic E-state index is 11.0. The summed E-state index contributed by atoms with van der Waals surface area (Å²) in [5.41, 5.74) is 0. The maximum Gasteiger partial charge on any atom is 0.208 e. The van der Waals surface area contributed by atoms with Gasteiger partial charge in [0.15, 0.2) is 0 Å². The van der Waals surface area contributed by atoms with Crippen molar-refractivity contribution in [3.05, 3.63) is 0 Å². The van der Waals surface area contributed by atoms with Crippen molar-refractivity contribution in [2.45, 2.75) is 37.8 Å². The van der Waals surface area contributed by atoms with Gasteiger partial charge in [0.25, 0.3) is 0 Å². The van der Waals surface area contributed by atoms with Gasteiger partial charge in [0, 0.05) is 18.6 Å². The van der Waals surface area contributed by atoms with Gasteiger partial charge in [-0.2, -0.15) is 0 Å². The Balaban J connectivity index is 1.87. The van der Waals surface area contributed by atoms with E-state index in [4.69, 9.17) is 0 Å². The molecule has 4 nitrogen and oxygen atoms in total. The van der Waals surface area contributed by atoms with E-state index < -0.39 is 10.0 Å². The van der Waals surface area contributed by atoms with Crippen molar-refractivity contribution in [2.75, 3.05) is 19.8 Å². The first kappa shape index (κ1) is 11.4. The van der Waals surface area contributed by atoms with Crippen LogP contribution < -0.4 is 4.72 Å². The van der Waals surface area contributed by atoms with Crippen LogP contribution in [0.1, 0.15) is 25.7 Å². The van der Waals surface area contributed by atoms with Crippen molar-refractivity contribution >= 4 is 10.0 Å². The van der Waals surface area contributed by atoms with E-state index in [1.54, 1.807) is 0 Å². The smallest absolute Gasteiger partial charge is 0.208 e. The first-order chi connectivity index (χ1) is 6.96. The molecule has 0 radical (unpaired) electrons. The van der Waals surface area contributed by atoms with Crippen molar-refractivity contribution in [1.82, 2.24) is 9.62 Å². The standard InChI is InChI=1S/C10H20N2O2S/c1-12-9-3-4-10(12)6-8(5-9)7-11-15(2,13)14/h8-11H,3-7H2,1-2H3. The molecule has 1 N–H and O–H groups in total. The van der Waals surface area contributed by atoms with Crippen LogP contribution in [-0.2, 0) is 10.0 Å². The van der Waals surface area contributed by atoms with Crippen LogP contribution in [0.15, 0.2) is 0 Å². The molecule has 2 aliphatic rings. The van der Waals surface area contributed by atoms with Gasteiger partial charge in [-0.15, -0.1) is 0 Å². The molecule has 0 aliphatic carbocycles. The molecule has 88 valence electrons. The molecular weight excluding hydrogens is 212 g/mol. The van der Waals surface area contributed by atoms with E-state index in [9.17, 15) is 8.42 Å². The summed E-state index contributed by atoms with van der Waals surface area (Å²) in [6.45, 7) is 0.625. The molecule has 0 aromatic rings. The fraction of sp³-hybridized carbons (Fsp3) is 1.00. The van der Waals surface area contributed by atoms with Gasteiger partial charge in [-0.05, 0) is 38.6 Å². The Kier molecular flexibility index (Phi) is 3.05. The number of nitrogens with one attached hydrogen (secondary N) is 1. The molecule has 2 rings (SSSR count). The Hall–Kier alpha value is -0.130. The third-order valence-electron chi connectivity index (χ3n) is 3.83. The Labute approximate surface area is 92.1 Å². The monoisotopic (exact) mass is 232 g/mol. The summed E-state index contributed by atoms with van der Waals surface area (Å²) in [5.74, 6) is 0.536. The highest BCUT2D eigenvalue weighted by atomic mass is 32.2. The second kappa shape index (κ2) is 4.03. The van der Waals surface area contributed by atoms with Gasteiger partial charge in [-0.25, -0.2) is 13.1 Å². The lowest BCUT2D eigenvalue weighted by Gasteiger charge is -2.36. The van der Waals surface area contributed by atoms with Crippen molar-refractivity contribution in [1.29, 1.82) is 0 Å². The van der Waals surface area contributed by atoms with Crippen LogP contribution >= 0.6 is 0 Å². The van der Waals surface area contributed by atoms with Crippen LogP contribution in [-0.4, -0.2) is 45.2 Å². The van der Waals surface area contributed by atoms with E-state index in [0.717, 1.165) is 12.8 Å². The minimum absolute atomic E-state index is 0.536. The quantitative estimate of drug-likeness (QED) is 0.766. The Morgan fingerprint density at radius 3 is 2.27 bits per heavy atom. The number of piperidine rings is 1. The summed E-state index contributed by atoms with van der Waals surface area (Å²) >= 11 is 0. The van der Waals surface area contributed by atoms with Crippen LogP contribution in [0.4, 0.5) is 0 Å². The molecule has 0 aromatic carbocycles. The fourth-order valence-electron chi connectivity index (χ4n) is 2.96. The third kappa shape index (κ3) is 2.71. The Morgan fingerprint density at radius 1 is 1.27 bits per heavy atom. The minimum atomic E-state index is -3.02. The molecule has 2 heterocycles. The van der Waals surface area contributed by atoms with Gasteiger partial charge in [0.1, 0.15) is 0 Å². The fourth-order valence-corrected chi connectivity index (χ4v) is 3.50. The molecule has 0 aromatic heterocycles. The summed E-state index contributed by atoms with van der Waals surface area (Å²) in [7, 11) is -0.818. The lowest BCUT2D eigenvalue weighted by Crippen LogP contribution is -2.43. The van der Waals surface area contributed by atoms with E-state index in [1.807, 2.05) is 0 Å². The average Bonchev–Trinajstić information content (AvgIpc) is 2.39. The number of rotatable bonds is 3. The van der Waals surface area contributed by atoms with Crippen LogP contribution in [0.2, 0.25) is 0 Å². The van der Waals surface area contributed by atoms with Crippen molar-refractivity contribution in [3.8, 4) is 0 Å². The van der Waals surface area contributed by atoms with Crippen molar-refractivity contribution in [3.63, 3.8) is 0 Å². The van der Waals surface area contributed by atoms with Crippen molar-refractivity contribution in [2.24, 2.45) is 5.92 Å². The van der Waals surface area contributed by atoms with Gasteiger partial charge in [-0.3, -0.25) is 0 Å². The first-order valence-corrected chi connectivity index (χ1v) is 7.51. The lowest BCUT2D eigenvalue weighted by molar-refractivity contribution is 0.135. The third-order valence-corrected chi connectivity index (χ3v) is 4.52. The molecule has 2 saturated heterocycles. The molecule has 2 atom stereocenters. The molecule has 2 bridgehead atoms. The summed E-state index contributed by atoms with van der Waals surface area (Å²) in [4.78, 5) is 2.47. The van der Waals surface area contributed by atoms with Gasteiger partial charge in [-0.1, -0.05) is 0 Å². The highest BCUT2D eigenvalue weighted by molar-refractivity contribution is 7.88. The van der Waals surface area contributed by atoms with Crippen molar-refractivity contribution < 1.29 is 8.42 Å². The number of hydrogen-bond acceptors (Lipinski definition) is 3. The lowest BCUT2D eigenvalue weighted by atomic mass is 9.91. The zero-order chi connectivity index (χ0) is 11.1. The summed E-state index contributed by atoms with van der Waals surface area (Å²) in [5, 5.41) is 0. The van der Waals surface area contributed by atoms with E-state index in [1.165, 1.54) is 19.1 Å². The molecule has 0 spiro atoms.